The third kappa shape index (κ3) is 3.44. The second kappa shape index (κ2) is 7.23. The van der Waals surface area contributed by atoms with Gasteiger partial charge < -0.3 is 0 Å². The van der Waals surface area contributed by atoms with E-state index < -0.39 is 0 Å². The molecule has 2 aromatic carbocycles. The molecule has 0 bridgehead atoms. The van der Waals surface area contributed by atoms with Gasteiger partial charge in [0.1, 0.15) is 5.82 Å². The predicted molar refractivity (Wildman–Crippen MR) is 105 cm³/mol. The predicted octanol–water partition coefficient (Wildman–Crippen LogP) is 5.09. The molecule has 4 nitrogen and oxygen atoms in total. The molecule has 0 unspecified atom stereocenters. The molecular formula is C19H12FN3OS2. The molecule has 1 aromatic heterocycles. The van der Waals surface area contributed by atoms with E-state index in [0.717, 1.165) is 5.69 Å². The first-order valence-electron chi connectivity index (χ1n) is 7.73. The molecule has 128 valence electrons. The van der Waals surface area contributed by atoms with E-state index in [4.69, 9.17) is 0 Å². The van der Waals surface area contributed by atoms with Gasteiger partial charge in [-0.2, -0.15) is 4.99 Å². The number of thioether (sulfide) groups is 1. The SMILES string of the molecule is O=C1/C(=C/c2cccc(F)c2)S/C(=N/c2nccs2)N1c1ccccc1. The van der Waals surface area contributed by atoms with E-state index in [1.807, 2.05) is 35.7 Å². The summed E-state index contributed by atoms with van der Waals surface area (Å²) in [5, 5.41) is 2.93. The Morgan fingerprint density at radius 2 is 1.96 bits per heavy atom. The van der Waals surface area contributed by atoms with Gasteiger partial charge in [-0.05, 0) is 47.7 Å². The van der Waals surface area contributed by atoms with Gasteiger partial charge in [0.2, 0.25) is 5.13 Å². The fraction of sp³-hybridized carbons (Fsp3) is 0. The average molecular weight is 381 g/mol. The Morgan fingerprint density at radius 1 is 1.12 bits per heavy atom. The van der Waals surface area contributed by atoms with Gasteiger partial charge in [0.25, 0.3) is 5.91 Å². The summed E-state index contributed by atoms with van der Waals surface area (Å²) in [5.41, 5.74) is 1.35. The van der Waals surface area contributed by atoms with Crippen molar-refractivity contribution in [2.24, 2.45) is 4.99 Å². The number of para-hydroxylation sites is 1. The largest absolute Gasteiger partial charge is 0.271 e. The maximum absolute atomic E-state index is 13.4. The minimum Gasteiger partial charge on any atom is -0.268 e. The van der Waals surface area contributed by atoms with Crippen LogP contribution in [-0.2, 0) is 4.79 Å². The second-order valence-electron chi connectivity index (χ2n) is 5.35. The van der Waals surface area contributed by atoms with Crippen LogP contribution in [0.3, 0.4) is 0 Å². The van der Waals surface area contributed by atoms with Gasteiger partial charge in [0.15, 0.2) is 5.17 Å². The van der Waals surface area contributed by atoms with Gasteiger partial charge in [-0.3, -0.25) is 9.69 Å². The summed E-state index contributed by atoms with van der Waals surface area (Å²) in [6.07, 6.45) is 3.35. The molecule has 1 fully saturated rings. The zero-order valence-electron chi connectivity index (χ0n) is 13.4. The van der Waals surface area contributed by atoms with Crippen molar-refractivity contribution < 1.29 is 9.18 Å². The van der Waals surface area contributed by atoms with Crippen molar-refractivity contribution in [2.45, 2.75) is 0 Å². The van der Waals surface area contributed by atoms with E-state index in [2.05, 4.69) is 9.98 Å². The molecule has 0 spiro atoms. The lowest BCUT2D eigenvalue weighted by molar-refractivity contribution is -0.113. The van der Waals surface area contributed by atoms with Crippen LogP contribution in [0.2, 0.25) is 0 Å². The van der Waals surface area contributed by atoms with Crippen molar-refractivity contribution in [2.75, 3.05) is 4.90 Å². The lowest BCUT2D eigenvalue weighted by Crippen LogP contribution is -2.28. The Hall–Kier alpha value is -2.77. The highest BCUT2D eigenvalue weighted by molar-refractivity contribution is 8.19. The summed E-state index contributed by atoms with van der Waals surface area (Å²) in [6, 6.07) is 15.4. The van der Waals surface area contributed by atoms with Crippen LogP contribution < -0.4 is 4.90 Å². The number of amidine groups is 1. The molecule has 0 radical (unpaired) electrons. The van der Waals surface area contributed by atoms with Crippen molar-refractivity contribution in [3.05, 3.63) is 82.5 Å². The van der Waals surface area contributed by atoms with E-state index in [1.54, 1.807) is 29.3 Å². The molecular weight excluding hydrogens is 369 g/mol. The first-order valence-corrected chi connectivity index (χ1v) is 9.43. The first-order chi connectivity index (χ1) is 12.7. The highest BCUT2D eigenvalue weighted by Gasteiger charge is 2.34. The Bertz CT molecular complexity index is 1000. The van der Waals surface area contributed by atoms with E-state index >= 15 is 0 Å². The molecule has 7 heteroatoms. The Balaban J connectivity index is 1.76. The van der Waals surface area contributed by atoms with E-state index in [-0.39, 0.29) is 11.7 Å². The molecule has 1 saturated heterocycles. The number of rotatable bonds is 3. The van der Waals surface area contributed by atoms with Crippen LogP contribution in [0.4, 0.5) is 15.2 Å². The van der Waals surface area contributed by atoms with Gasteiger partial charge >= 0.3 is 0 Å². The molecule has 0 N–H and O–H groups in total. The molecule has 0 saturated carbocycles. The number of hydrogen-bond acceptors (Lipinski definition) is 5. The monoisotopic (exact) mass is 381 g/mol. The number of nitrogens with zero attached hydrogens (tertiary/aromatic N) is 3. The fourth-order valence-electron chi connectivity index (χ4n) is 2.45. The molecule has 0 atom stereocenters. The second-order valence-corrected chi connectivity index (χ2v) is 7.23. The number of carbonyl (C=O) groups is 1. The number of amides is 1. The van der Waals surface area contributed by atoms with Gasteiger partial charge in [-0.15, -0.1) is 11.3 Å². The quantitative estimate of drug-likeness (QED) is 0.594. The summed E-state index contributed by atoms with van der Waals surface area (Å²) in [5.74, 6) is -0.535. The Morgan fingerprint density at radius 3 is 2.69 bits per heavy atom. The topological polar surface area (TPSA) is 45.6 Å². The summed E-state index contributed by atoms with van der Waals surface area (Å²) in [4.78, 5) is 23.7. The number of halogens is 1. The van der Waals surface area contributed by atoms with Crippen molar-refractivity contribution in [3.8, 4) is 0 Å². The number of aromatic nitrogens is 1. The van der Waals surface area contributed by atoms with Crippen LogP contribution in [0, 0.1) is 5.82 Å². The Labute approximate surface area is 157 Å². The highest BCUT2D eigenvalue weighted by Crippen LogP contribution is 2.37. The molecule has 1 aliphatic heterocycles. The lowest BCUT2D eigenvalue weighted by Gasteiger charge is -2.14. The van der Waals surface area contributed by atoms with Crippen molar-refractivity contribution in [1.82, 2.24) is 4.98 Å². The zero-order chi connectivity index (χ0) is 17.9. The molecule has 1 amide bonds. The molecule has 2 heterocycles. The van der Waals surface area contributed by atoms with Crippen molar-refractivity contribution in [3.63, 3.8) is 0 Å². The number of thiazole rings is 1. The zero-order valence-corrected chi connectivity index (χ0v) is 15.0. The average Bonchev–Trinajstić information content (AvgIpc) is 3.25. The number of benzene rings is 2. The van der Waals surface area contributed by atoms with Gasteiger partial charge in [0.05, 0.1) is 10.6 Å². The van der Waals surface area contributed by atoms with E-state index in [0.29, 0.717) is 20.8 Å². The minimum absolute atomic E-state index is 0.194. The van der Waals surface area contributed by atoms with Crippen LogP contribution in [0.1, 0.15) is 5.56 Å². The van der Waals surface area contributed by atoms with Gasteiger partial charge in [-0.25, -0.2) is 9.37 Å². The summed E-state index contributed by atoms with van der Waals surface area (Å²) < 4.78 is 13.4. The van der Waals surface area contributed by atoms with E-state index in [1.165, 1.54) is 35.2 Å². The third-order valence-corrected chi connectivity index (χ3v) is 5.21. The maximum atomic E-state index is 13.4. The van der Waals surface area contributed by atoms with Crippen molar-refractivity contribution >= 4 is 51.1 Å². The number of aliphatic imine (C=N–C) groups is 1. The highest BCUT2D eigenvalue weighted by atomic mass is 32.2. The Kier molecular flexibility index (Phi) is 4.64. The van der Waals surface area contributed by atoms with Crippen LogP contribution in [0.5, 0.6) is 0 Å². The van der Waals surface area contributed by atoms with E-state index in [9.17, 15) is 9.18 Å². The van der Waals surface area contributed by atoms with Crippen molar-refractivity contribution in [1.29, 1.82) is 0 Å². The lowest BCUT2D eigenvalue weighted by atomic mass is 10.2. The van der Waals surface area contributed by atoms with Crippen LogP contribution in [0.15, 0.2) is 76.1 Å². The molecule has 26 heavy (non-hydrogen) atoms. The molecule has 4 rings (SSSR count). The minimum atomic E-state index is -0.341. The maximum Gasteiger partial charge on any atom is 0.271 e. The molecule has 0 aliphatic carbocycles. The number of carbonyl (C=O) groups excluding carboxylic acids is 1. The van der Waals surface area contributed by atoms with Crippen LogP contribution in [0.25, 0.3) is 6.08 Å². The smallest absolute Gasteiger partial charge is 0.268 e. The van der Waals surface area contributed by atoms with Gasteiger partial charge in [-0.1, -0.05) is 30.3 Å². The first kappa shape index (κ1) is 16.7. The van der Waals surface area contributed by atoms with Crippen LogP contribution in [-0.4, -0.2) is 16.1 Å². The molecule has 3 aromatic rings. The fourth-order valence-corrected chi connectivity index (χ4v) is 4.00. The summed E-state index contributed by atoms with van der Waals surface area (Å²) in [6.45, 7) is 0. The van der Waals surface area contributed by atoms with Gasteiger partial charge in [0, 0.05) is 11.6 Å². The standard InChI is InChI=1S/C19H12FN3OS2/c20-14-6-4-5-13(11-14)12-16-17(24)23(15-7-2-1-3-8-15)19(26-16)22-18-21-9-10-25-18/h1-12H/b16-12-,22-19+. The summed E-state index contributed by atoms with van der Waals surface area (Å²) >= 11 is 2.65. The molecule has 1 aliphatic rings. The normalized spacial score (nSPS) is 17.4. The van der Waals surface area contributed by atoms with Crippen LogP contribution >= 0.6 is 23.1 Å². The number of anilines is 1. The summed E-state index contributed by atoms with van der Waals surface area (Å²) in [7, 11) is 0. The number of hydrogen-bond donors (Lipinski definition) is 0. The third-order valence-electron chi connectivity index (χ3n) is 3.58.